The molecule has 1 N–H and O–H groups in total. The maximum absolute atomic E-state index is 12.7. The van der Waals surface area contributed by atoms with Gasteiger partial charge in [-0.3, -0.25) is 9.59 Å². The molecule has 1 aromatic carbocycles. The summed E-state index contributed by atoms with van der Waals surface area (Å²) in [6.45, 7) is 0.226. The fraction of sp³-hybridized carbons (Fsp3) is 0.200. The number of aromatic nitrogens is 1. The molecule has 1 heterocycles. The van der Waals surface area contributed by atoms with Gasteiger partial charge in [-0.05, 0) is 30.3 Å². The van der Waals surface area contributed by atoms with Crippen LogP contribution < -0.4 is 5.32 Å². The standard InChI is InChI=1S/C15H12ClF3N2O2/c16-12-4-3-10(15(17,18)19)8-13(12)20-14(23)5-7-21-6-1-2-11(21)9-22/h1-4,6,8-9H,5,7H2,(H,20,23). The van der Waals surface area contributed by atoms with Crippen molar-refractivity contribution in [1.82, 2.24) is 4.57 Å². The first-order valence-corrected chi connectivity index (χ1v) is 6.96. The maximum atomic E-state index is 12.7. The van der Waals surface area contributed by atoms with Crippen LogP contribution in [0.4, 0.5) is 18.9 Å². The number of benzene rings is 1. The molecule has 0 bridgehead atoms. The predicted octanol–water partition coefficient (Wildman–Crippen LogP) is 4.00. The molecule has 23 heavy (non-hydrogen) atoms. The van der Waals surface area contributed by atoms with Gasteiger partial charge in [0.1, 0.15) is 0 Å². The Morgan fingerprint density at radius 2 is 2.04 bits per heavy atom. The second-order valence-electron chi connectivity index (χ2n) is 4.73. The van der Waals surface area contributed by atoms with Crippen molar-refractivity contribution in [2.24, 2.45) is 0 Å². The van der Waals surface area contributed by atoms with Crippen LogP contribution in [0.25, 0.3) is 0 Å². The van der Waals surface area contributed by atoms with Gasteiger partial charge in [-0.1, -0.05) is 11.6 Å². The minimum Gasteiger partial charge on any atom is -0.345 e. The van der Waals surface area contributed by atoms with E-state index in [1.807, 2.05) is 0 Å². The number of anilines is 1. The van der Waals surface area contributed by atoms with Gasteiger partial charge in [-0.2, -0.15) is 13.2 Å². The summed E-state index contributed by atoms with van der Waals surface area (Å²) in [5, 5.41) is 2.36. The summed E-state index contributed by atoms with van der Waals surface area (Å²) in [4.78, 5) is 22.6. The Kier molecular flexibility index (Phi) is 5.10. The molecule has 0 fully saturated rings. The highest BCUT2D eigenvalue weighted by molar-refractivity contribution is 6.33. The minimum atomic E-state index is -4.52. The molecule has 0 saturated heterocycles. The topological polar surface area (TPSA) is 51.1 Å². The van der Waals surface area contributed by atoms with Gasteiger partial charge in [-0.25, -0.2) is 0 Å². The fourth-order valence-corrected chi connectivity index (χ4v) is 2.13. The Labute approximate surface area is 134 Å². The Morgan fingerprint density at radius 3 is 2.70 bits per heavy atom. The molecule has 4 nitrogen and oxygen atoms in total. The molecule has 0 radical (unpaired) electrons. The number of nitrogens with one attached hydrogen (secondary N) is 1. The Bertz CT molecular complexity index is 726. The number of carbonyl (C=O) groups excluding carboxylic acids is 2. The summed E-state index contributed by atoms with van der Waals surface area (Å²) >= 11 is 5.80. The monoisotopic (exact) mass is 344 g/mol. The molecule has 2 aromatic rings. The van der Waals surface area contributed by atoms with Gasteiger partial charge in [0.2, 0.25) is 5.91 Å². The van der Waals surface area contributed by atoms with E-state index in [1.54, 1.807) is 22.9 Å². The van der Waals surface area contributed by atoms with Crippen LogP contribution >= 0.6 is 11.6 Å². The number of alkyl halides is 3. The number of aldehydes is 1. The Morgan fingerprint density at radius 1 is 1.30 bits per heavy atom. The first-order valence-electron chi connectivity index (χ1n) is 6.58. The van der Waals surface area contributed by atoms with E-state index in [4.69, 9.17) is 11.6 Å². The van der Waals surface area contributed by atoms with Gasteiger partial charge in [0.15, 0.2) is 6.29 Å². The molecule has 0 aliphatic heterocycles. The zero-order valence-electron chi connectivity index (χ0n) is 11.7. The zero-order chi connectivity index (χ0) is 17.0. The second-order valence-corrected chi connectivity index (χ2v) is 5.14. The van der Waals surface area contributed by atoms with Gasteiger partial charge < -0.3 is 9.88 Å². The normalized spacial score (nSPS) is 11.3. The average Bonchev–Trinajstić information content (AvgIpc) is 2.93. The van der Waals surface area contributed by atoms with Crippen LogP contribution in [0.5, 0.6) is 0 Å². The lowest BCUT2D eigenvalue weighted by atomic mass is 10.2. The van der Waals surface area contributed by atoms with Crippen molar-refractivity contribution in [3.8, 4) is 0 Å². The first kappa shape index (κ1) is 17.1. The molecule has 122 valence electrons. The summed E-state index contributed by atoms with van der Waals surface area (Å²) < 4.78 is 39.6. The third-order valence-electron chi connectivity index (χ3n) is 3.13. The maximum Gasteiger partial charge on any atom is 0.416 e. The lowest BCUT2D eigenvalue weighted by Crippen LogP contribution is -2.16. The van der Waals surface area contributed by atoms with E-state index in [1.165, 1.54) is 0 Å². The SMILES string of the molecule is O=Cc1cccn1CCC(=O)Nc1cc(C(F)(F)F)ccc1Cl. The zero-order valence-corrected chi connectivity index (χ0v) is 12.5. The van der Waals surface area contributed by atoms with Crippen molar-refractivity contribution in [1.29, 1.82) is 0 Å². The molecule has 0 unspecified atom stereocenters. The summed E-state index contributed by atoms with van der Waals surface area (Å²) in [5.41, 5.74) is -0.588. The van der Waals surface area contributed by atoms with E-state index >= 15 is 0 Å². The van der Waals surface area contributed by atoms with Crippen molar-refractivity contribution < 1.29 is 22.8 Å². The first-order chi connectivity index (χ1) is 10.8. The number of amides is 1. The van der Waals surface area contributed by atoms with Crippen molar-refractivity contribution in [2.45, 2.75) is 19.1 Å². The quantitative estimate of drug-likeness (QED) is 0.833. The smallest absolute Gasteiger partial charge is 0.345 e. The molecule has 8 heteroatoms. The van der Waals surface area contributed by atoms with E-state index in [9.17, 15) is 22.8 Å². The molecular formula is C15H12ClF3N2O2. The Balaban J connectivity index is 2.04. The van der Waals surface area contributed by atoms with Crippen molar-refractivity contribution in [3.63, 3.8) is 0 Å². The lowest BCUT2D eigenvalue weighted by molar-refractivity contribution is -0.137. The van der Waals surface area contributed by atoms with Crippen LogP contribution in [0.15, 0.2) is 36.5 Å². The van der Waals surface area contributed by atoms with Crippen LogP contribution in [0.1, 0.15) is 22.5 Å². The van der Waals surface area contributed by atoms with E-state index in [2.05, 4.69) is 5.32 Å². The highest BCUT2D eigenvalue weighted by Gasteiger charge is 2.31. The van der Waals surface area contributed by atoms with Crippen LogP contribution in [0.2, 0.25) is 5.02 Å². The highest BCUT2D eigenvalue weighted by Crippen LogP contribution is 2.33. The van der Waals surface area contributed by atoms with Gasteiger partial charge in [0.05, 0.1) is 22.0 Å². The molecule has 1 amide bonds. The van der Waals surface area contributed by atoms with Gasteiger partial charge in [-0.15, -0.1) is 0 Å². The van der Waals surface area contributed by atoms with Crippen LogP contribution in [0, 0.1) is 0 Å². The van der Waals surface area contributed by atoms with Gasteiger partial charge in [0, 0.05) is 19.2 Å². The lowest BCUT2D eigenvalue weighted by Gasteiger charge is -2.12. The van der Waals surface area contributed by atoms with Gasteiger partial charge >= 0.3 is 6.18 Å². The second kappa shape index (κ2) is 6.87. The summed E-state index contributed by atoms with van der Waals surface area (Å²) in [7, 11) is 0. The highest BCUT2D eigenvalue weighted by atomic mass is 35.5. The van der Waals surface area contributed by atoms with Crippen molar-refractivity contribution in [3.05, 3.63) is 52.8 Å². The number of carbonyl (C=O) groups is 2. The van der Waals surface area contributed by atoms with E-state index < -0.39 is 17.6 Å². The molecule has 0 saturated carbocycles. The molecule has 0 aliphatic carbocycles. The fourth-order valence-electron chi connectivity index (χ4n) is 1.97. The molecule has 0 aliphatic rings. The summed E-state index contributed by atoms with van der Waals surface area (Å²) in [5.74, 6) is -0.503. The molecule has 0 spiro atoms. The number of rotatable bonds is 5. The number of aryl methyl sites for hydroxylation is 1. The average molecular weight is 345 g/mol. The molecule has 2 rings (SSSR count). The number of halogens is 4. The van der Waals surface area contributed by atoms with Crippen LogP contribution in [0.3, 0.4) is 0 Å². The van der Waals surface area contributed by atoms with Crippen molar-refractivity contribution in [2.75, 3.05) is 5.32 Å². The van der Waals surface area contributed by atoms with E-state index in [0.29, 0.717) is 12.0 Å². The van der Waals surface area contributed by atoms with Crippen LogP contribution in [-0.4, -0.2) is 16.8 Å². The van der Waals surface area contributed by atoms with Gasteiger partial charge in [0.25, 0.3) is 0 Å². The third-order valence-corrected chi connectivity index (χ3v) is 3.46. The largest absolute Gasteiger partial charge is 0.416 e. The predicted molar refractivity (Wildman–Crippen MR) is 79.5 cm³/mol. The molecule has 0 atom stereocenters. The summed E-state index contributed by atoms with van der Waals surface area (Å²) in [6, 6.07) is 5.96. The summed E-state index contributed by atoms with van der Waals surface area (Å²) in [6.07, 6.45) is -2.24. The van der Waals surface area contributed by atoms with Crippen LogP contribution in [-0.2, 0) is 17.5 Å². The minimum absolute atomic E-state index is 0.0118. The molecule has 1 aromatic heterocycles. The Hall–Kier alpha value is -2.28. The third kappa shape index (κ3) is 4.35. The molecular weight excluding hydrogens is 333 g/mol. The number of hydrogen-bond acceptors (Lipinski definition) is 2. The number of nitrogens with zero attached hydrogens (tertiary/aromatic N) is 1. The van der Waals surface area contributed by atoms with Crippen molar-refractivity contribution >= 4 is 29.5 Å². The van der Waals surface area contributed by atoms with E-state index in [-0.39, 0.29) is 23.7 Å². The number of hydrogen-bond donors (Lipinski definition) is 1. The van der Waals surface area contributed by atoms with E-state index in [0.717, 1.165) is 18.2 Å².